The van der Waals surface area contributed by atoms with Crippen LogP contribution in [0.2, 0.25) is 0 Å². The summed E-state index contributed by atoms with van der Waals surface area (Å²) in [6, 6.07) is 4.15. The monoisotopic (exact) mass is 273 g/mol. The zero-order chi connectivity index (χ0) is 14.9. The van der Waals surface area contributed by atoms with Gasteiger partial charge < -0.3 is 10.5 Å². The molecule has 2 N–H and O–H groups in total. The van der Waals surface area contributed by atoms with Gasteiger partial charge in [-0.05, 0) is 38.8 Å². The first-order chi connectivity index (χ1) is 9.45. The van der Waals surface area contributed by atoms with Gasteiger partial charge in [0.05, 0.1) is 12.3 Å². The van der Waals surface area contributed by atoms with E-state index in [1.807, 2.05) is 20.8 Å². The Labute approximate surface area is 118 Å². The summed E-state index contributed by atoms with van der Waals surface area (Å²) in [7, 11) is 0. The number of aromatic nitrogens is 2. The van der Waals surface area contributed by atoms with Crippen molar-refractivity contribution in [2.45, 2.75) is 27.7 Å². The van der Waals surface area contributed by atoms with Crippen LogP contribution >= 0.6 is 0 Å². The number of esters is 1. The second kappa shape index (κ2) is 5.36. The first-order valence-electron chi connectivity index (χ1n) is 6.53. The van der Waals surface area contributed by atoms with Crippen LogP contribution in [0.5, 0.6) is 0 Å². The van der Waals surface area contributed by atoms with Crippen molar-refractivity contribution in [1.82, 2.24) is 9.55 Å². The number of nitrogen functional groups attached to an aromatic ring is 1. The van der Waals surface area contributed by atoms with Gasteiger partial charge in [-0.3, -0.25) is 4.57 Å². The summed E-state index contributed by atoms with van der Waals surface area (Å²) >= 11 is 0. The van der Waals surface area contributed by atoms with Crippen LogP contribution in [0.3, 0.4) is 0 Å². The number of imidazole rings is 1. The molecule has 5 nitrogen and oxygen atoms in total. The average molecular weight is 273 g/mol. The summed E-state index contributed by atoms with van der Waals surface area (Å²) in [6.07, 6.45) is 1.56. The van der Waals surface area contributed by atoms with E-state index < -0.39 is 5.97 Å². The summed E-state index contributed by atoms with van der Waals surface area (Å²) in [6.45, 7) is 8.12. The van der Waals surface area contributed by atoms with Crippen LogP contribution in [0.4, 0.5) is 5.82 Å². The number of carbonyl (C=O) groups excluding carboxylic acids is 1. The van der Waals surface area contributed by atoms with E-state index in [0.717, 1.165) is 16.8 Å². The van der Waals surface area contributed by atoms with Crippen LogP contribution < -0.4 is 5.73 Å². The molecule has 0 unspecified atom stereocenters. The molecule has 1 heterocycles. The van der Waals surface area contributed by atoms with Crippen LogP contribution in [0.15, 0.2) is 18.5 Å². The number of aryl methyl sites for hydroxylation is 3. The second-order valence-electron chi connectivity index (χ2n) is 4.82. The van der Waals surface area contributed by atoms with Gasteiger partial charge in [-0.15, -0.1) is 0 Å². The summed E-state index contributed by atoms with van der Waals surface area (Å²) in [5.74, 6) is -0.190. The minimum absolute atomic E-state index is 0.159. The molecule has 0 aliphatic heterocycles. The van der Waals surface area contributed by atoms with Crippen molar-refractivity contribution < 1.29 is 9.53 Å². The standard InChI is InChI=1S/C15H19N3O2/c1-5-20-15(19)12-14(16)18(8-17-12)13-10(3)6-9(2)7-11(13)4/h6-8H,5,16H2,1-4H3. The zero-order valence-electron chi connectivity index (χ0n) is 12.2. The summed E-state index contributed by atoms with van der Waals surface area (Å²) in [4.78, 5) is 15.8. The Bertz CT molecular complexity index is 636. The van der Waals surface area contributed by atoms with E-state index in [-0.39, 0.29) is 5.69 Å². The van der Waals surface area contributed by atoms with E-state index in [1.54, 1.807) is 17.8 Å². The van der Waals surface area contributed by atoms with Gasteiger partial charge in [-0.25, -0.2) is 9.78 Å². The number of hydrogen-bond donors (Lipinski definition) is 1. The molecule has 0 aliphatic carbocycles. The SMILES string of the molecule is CCOC(=O)c1ncn(-c2c(C)cc(C)cc2C)c1N. The third kappa shape index (κ3) is 2.39. The number of carbonyl (C=O) groups is 1. The van der Waals surface area contributed by atoms with Crippen LogP contribution in [0.25, 0.3) is 5.69 Å². The Morgan fingerprint density at radius 2 is 1.90 bits per heavy atom. The number of ether oxygens (including phenoxy) is 1. The predicted octanol–water partition coefficient (Wildman–Crippen LogP) is 2.56. The number of rotatable bonds is 3. The molecule has 1 aromatic heterocycles. The van der Waals surface area contributed by atoms with Gasteiger partial charge in [-0.2, -0.15) is 0 Å². The predicted molar refractivity (Wildman–Crippen MR) is 78.1 cm³/mol. The van der Waals surface area contributed by atoms with Crippen LogP contribution in [0, 0.1) is 20.8 Å². The van der Waals surface area contributed by atoms with Gasteiger partial charge in [0, 0.05) is 0 Å². The fourth-order valence-electron chi connectivity index (χ4n) is 2.45. The van der Waals surface area contributed by atoms with E-state index in [4.69, 9.17) is 10.5 Å². The van der Waals surface area contributed by atoms with Crippen molar-refractivity contribution >= 4 is 11.8 Å². The molecule has 1 aromatic carbocycles. The molecule has 0 atom stereocenters. The third-order valence-electron chi connectivity index (χ3n) is 3.15. The lowest BCUT2D eigenvalue weighted by atomic mass is 10.1. The van der Waals surface area contributed by atoms with Gasteiger partial charge in [0.15, 0.2) is 5.69 Å². The molecule has 106 valence electrons. The average Bonchev–Trinajstić information content (AvgIpc) is 2.71. The van der Waals surface area contributed by atoms with Crippen LogP contribution in [0.1, 0.15) is 34.1 Å². The van der Waals surface area contributed by atoms with E-state index in [2.05, 4.69) is 17.1 Å². The second-order valence-corrected chi connectivity index (χ2v) is 4.82. The van der Waals surface area contributed by atoms with Gasteiger partial charge in [0.1, 0.15) is 12.1 Å². The fraction of sp³-hybridized carbons (Fsp3) is 0.333. The largest absolute Gasteiger partial charge is 0.461 e. The lowest BCUT2D eigenvalue weighted by Crippen LogP contribution is -2.10. The van der Waals surface area contributed by atoms with Crippen molar-refractivity contribution in [2.24, 2.45) is 0 Å². The van der Waals surface area contributed by atoms with E-state index in [0.29, 0.717) is 12.4 Å². The van der Waals surface area contributed by atoms with Crippen molar-refractivity contribution in [3.8, 4) is 5.69 Å². The molecule has 20 heavy (non-hydrogen) atoms. The number of benzene rings is 1. The summed E-state index contributed by atoms with van der Waals surface area (Å²) in [5, 5.41) is 0. The number of nitrogens with zero attached hydrogens (tertiary/aromatic N) is 2. The van der Waals surface area contributed by atoms with Crippen molar-refractivity contribution in [1.29, 1.82) is 0 Å². The van der Waals surface area contributed by atoms with Crippen molar-refractivity contribution in [3.05, 3.63) is 40.8 Å². The highest BCUT2D eigenvalue weighted by molar-refractivity contribution is 5.92. The lowest BCUT2D eigenvalue weighted by molar-refractivity contribution is 0.0521. The molecular weight excluding hydrogens is 254 g/mol. The Morgan fingerprint density at radius 1 is 1.30 bits per heavy atom. The van der Waals surface area contributed by atoms with E-state index >= 15 is 0 Å². The quantitative estimate of drug-likeness (QED) is 0.872. The topological polar surface area (TPSA) is 70.1 Å². The molecular formula is C15H19N3O2. The minimum atomic E-state index is -0.494. The molecule has 0 aliphatic rings. The molecule has 0 radical (unpaired) electrons. The van der Waals surface area contributed by atoms with E-state index in [9.17, 15) is 4.79 Å². The molecule has 5 heteroatoms. The van der Waals surface area contributed by atoms with Crippen molar-refractivity contribution in [2.75, 3.05) is 12.3 Å². The van der Waals surface area contributed by atoms with Crippen molar-refractivity contribution in [3.63, 3.8) is 0 Å². The molecule has 0 spiro atoms. The van der Waals surface area contributed by atoms with Crippen LogP contribution in [-0.2, 0) is 4.74 Å². The zero-order valence-corrected chi connectivity index (χ0v) is 12.2. The molecule has 0 bridgehead atoms. The lowest BCUT2D eigenvalue weighted by Gasteiger charge is -2.13. The molecule has 0 saturated carbocycles. The smallest absolute Gasteiger partial charge is 0.360 e. The minimum Gasteiger partial charge on any atom is -0.461 e. The van der Waals surface area contributed by atoms with Gasteiger partial charge >= 0.3 is 5.97 Å². The maximum absolute atomic E-state index is 11.8. The molecule has 0 fully saturated rings. The molecule has 2 aromatic rings. The summed E-state index contributed by atoms with van der Waals surface area (Å²) in [5.41, 5.74) is 10.5. The Kier molecular flexibility index (Phi) is 3.79. The van der Waals surface area contributed by atoms with Crippen LogP contribution in [-0.4, -0.2) is 22.1 Å². The fourth-order valence-corrected chi connectivity index (χ4v) is 2.45. The summed E-state index contributed by atoms with van der Waals surface area (Å²) < 4.78 is 6.68. The Hall–Kier alpha value is -2.30. The number of anilines is 1. The number of nitrogens with two attached hydrogens (primary N) is 1. The Morgan fingerprint density at radius 3 is 2.45 bits per heavy atom. The van der Waals surface area contributed by atoms with Gasteiger partial charge in [0.25, 0.3) is 0 Å². The van der Waals surface area contributed by atoms with E-state index in [1.165, 1.54) is 5.56 Å². The molecule has 0 amide bonds. The maximum atomic E-state index is 11.8. The third-order valence-corrected chi connectivity index (χ3v) is 3.15. The first kappa shape index (κ1) is 14.1. The maximum Gasteiger partial charge on any atom is 0.360 e. The highest BCUT2D eigenvalue weighted by atomic mass is 16.5. The highest BCUT2D eigenvalue weighted by Gasteiger charge is 2.19. The normalized spacial score (nSPS) is 10.6. The Balaban J connectivity index is 2.53. The highest BCUT2D eigenvalue weighted by Crippen LogP contribution is 2.25. The molecule has 2 rings (SSSR count). The first-order valence-corrected chi connectivity index (χ1v) is 6.53. The van der Waals surface area contributed by atoms with Gasteiger partial charge in [-0.1, -0.05) is 17.7 Å². The molecule has 0 saturated heterocycles. The number of hydrogen-bond acceptors (Lipinski definition) is 4. The van der Waals surface area contributed by atoms with Gasteiger partial charge in [0.2, 0.25) is 0 Å².